The van der Waals surface area contributed by atoms with Gasteiger partial charge in [0, 0.05) is 23.9 Å². The summed E-state index contributed by atoms with van der Waals surface area (Å²) in [6, 6.07) is 5.20. The van der Waals surface area contributed by atoms with Crippen LogP contribution in [-0.2, 0) is 0 Å². The summed E-state index contributed by atoms with van der Waals surface area (Å²) >= 11 is 0. The third-order valence-electron chi connectivity index (χ3n) is 5.22. The van der Waals surface area contributed by atoms with Gasteiger partial charge in [-0.1, -0.05) is 27.7 Å². The van der Waals surface area contributed by atoms with Crippen molar-refractivity contribution in [3.8, 4) is 0 Å². The highest BCUT2D eigenvalue weighted by molar-refractivity contribution is 5.53. The second-order valence-electron chi connectivity index (χ2n) is 6.64. The minimum atomic E-state index is -0.341. The number of hydrogen-bond donors (Lipinski definition) is 1. The molecule has 1 aliphatic carbocycles. The van der Waals surface area contributed by atoms with Gasteiger partial charge in [0.2, 0.25) is 0 Å². The van der Waals surface area contributed by atoms with Gasteiger partial charge in [-0.25, -0.2) is 0 Å². The van der Waals surface area contributed by atoms with Gasteiger partial charge in [-0.3, -0.25) is 10.1 Å². The quantitative estimate of drug-likeness (QED) is 0.659. The normalized spacial score (nSPS) is 20.1. The lowest BCUT2D eigenvalue weighted by molar-refractivity contribution is -0.385. The van der Waals surface area contributed by atoms with Crippen LogP contribution in [0.1, 0.15) is 33.3 Å². The Bertz CT molecular complexity index is 507. The maximum absolute atomic E-state index is 10.8. The van der Waals surface area contributed by atoms with Gasteiger partial charge in [-0.15, -0.1) is 0 Å². The van der Waals surface area contributed by atoms with Crippen molar-refractivity contribution in [1.29, 1.82) is 0 Å². The van der Waals surface area contributed by atoms with Crippen LogP contribution < -0.4 is 5.32 Å². The molecule has 1 N–H and O–H groups in total. The zero-order valence-corrected chi connectivity index (χ0v) is 12.3. The van der Waals surface area contributed by atoms with E-state index >= 15 is 0 Å². The molecule has 0 amide bonds. The average molecular weight is 262 g/mol. The summed E-state index contributed by atoms with van der Waals surface area (Å²) in [4.78, 5) is 10.4. The number of rotatable bonds is 4. The second-order valence-corrected chi connectivity index (χ2v) is 6.64. The number of nitro groups is 1. The molecule has 0 aliphatic heterocycles. The first-order valence-electron chi connectivity index (χ1n) is 6.67. The van der Waals surface area contributed by atoms with Gasteiger partial charge in [-0.05, 0) is 35.8 Å². The van der Waals surface area contributed by atoms with E-state index in [0.29, 0.717) is 22.3 Å². The molecule has 1 fully saturated rings. The van der Waals surface area contributed by atoms with Gasteiger partial charge in [0.05, 0.1) is 4.92 Å². The van der Waals surface area contributed by atoms with Crippen molar-refractivity contribution in [1.82, 2.24) is 0 Å². The molecule has 4 heteroatoms. The standard InChI is InChI=1S/C15H22N2O2/c1-10-8-11(6-7-12(10)17(18)19)16-9-13-14(2,3)15(13,4)5/h6-8,13,16H,9H2,1-5H3. The van der Waals surface area contributed by atoms with E-state index in [-0.39, 0.29) is 10.6 Å². The Balaban J connectivity index is 2.02. The lowest BCUT2D eigenvalue weighted by Crippen LogP contribution is -2.08. The zero-order valence-electron chi connectivity index (χ0n) is 12.3. The smallest absolute Gasteiger partial charge is 0.272 e. The fourth-order valence-corrected chi connectivity index (χ4v) is 3.03. The van der Waals surface area contributed by atoms with Crippen molar-refractivity contribution in [3.63, 3.8) is 0 Å². The van der Waals surface area contributed by atoms with Gasteiger partial charge < -0.3 is 5.32 Å². The van der Waals surface area contributed by atoms with Gasteiger partial charge in [0.25, 0.3) is 5.69 Å². The molecular formula is C15H22N2O2. The summed E-state index contributed by atoms with van der Waals surface area (Å²) in [5.74, 6) is 0.635. The molecule has 1 aliphatic rings. The monoisotopic (exact) mass is 262 g/mol. The molecule has 0 spiro atoms. The number of aryl methyl sites for hydroxylation is 1. The molecule has 4 nitrogen and oxygen atoms in total. The Morgan fingerprint density at radius 3 is 2.26 bits per heavy atom. The molecular weight excluding hydrogens is 240 g/mol. The van der Waals surface area contributed by atoms with E-state index < -0.39 is 0 Å². The summed E-state index contributed by atoms with van der Waals surface area (Å²) in [5, 5.41) is 14.2. The number of nitrogens with zero attached hydrogens (tertiary/aromatic N) is 1. The molecule has 0 aromatic heterocycles. The molecule has 2 rings (SSSR count). The lowest BCUT2D eigenvalue weighted by Gasteiger charge is -2.08. The lowest BCUT2D eigenvalue weighted by atomic mass is 10.0. The number of nitrogens with one attached hydrogen (secondary N) is 1. The Morgan fingerprint density at radius 1 is 1.26 bits per heavy atom. The molecule has 0 radical (unpaired) electrons. The van der Waals surface area contributed by atoms with Crippen LogP contribution in [0.3, 0.4) is 0 Å². The number of hydrogen-bond acceptors (Lipinski definition) is 3. The van der Waals surface area contributed by atoms with E-state index in [0.717, 1.165) is 12.2 Å². The maximum atomic E-state index is 10.8. The van der Waals surface area contributed by atoms with E-state index in [9.17, 15) is 10.1 Å². The van der Waals surface area contributed by atoms with Crippen molar-refractivity contribution in [2.75, 3.05) is 11.9 Å². The van der Waals surface area contributed by atoms with Crippen molar-refractivity contribution in [3.05, 3.63) is 33.9 Å². The van der Waals surface area contributed by atoms with Crippen LogP contribution in [0, 0.1) is 33.8 Å². The average Bonchev–Trinajstić information content (AvgIpc) is 2.66. The Morgan fingerprint density at radius 2 is 1.84 bits per heavy atom. The van der Waals surface area contributed by atoms with Crippen molar-refractivity contribution >= 4 is 11.4 Å². The van der Waals surface area contributed by atoms with Crippen LogP contribution in [0.4, 0.5) is 11.4 Å². The van der Waals surface area contributed by atoms with Gasteiger partial charge in [0.15, 0.2) is 0 Å². The molecule has 0 bridgehead atoms. The van der Waals surface area contributed by atoms with Crippen LogP contribution in [0.2, 0.25) is 0 Å². The van der Waals surface area contributed by atoms with E-state index in [4.69, 9.17) is 0 Å². The summed E-state index contributed by atoms with van der Waals surface area (Å²) in [6.07, 6.45) is 0. The zero-order chi connectivity index (χ0) is 14.4. The Labute approximate surface area is 114 Å². The van der Waals surface area contributed by atoms with Gasteiger partial charge in [-0.2, -0.15) is 0 Å². The highest BCUT2D eigenvalue weighted by Gasteiger charge is 2.63. The molecule has 1 aromatic carbocycles. The predicted molar refractivity (Wildman–Crippen MR) is 77.4 cm³/mol. The maximum Gasteiger partial charge on any atom is 0.272 e. The molecule has 19 heavy (non-hydrogen) atoms. The summed E-state index contributed by atoms with van der Waals surface area (Å²) in [5.41, 5.74) is 2.55. The van der Waals surface area contributed by atoms with Crippen LogP contribution in [0.15, 0.2) is 18.2 Å². The SMILES string of the molecule is Cc1cc(NCC2C(C)(C)C2(C)C)ccc1[N+](=O)[O-]. The second kappa shape index (κ2) is 4.22. The number of benzene rings is 1. The molecule has 0 saturated heterocycles. The van der Waals surface area contributed by atoms with E-state index in [1.165, 1.54) is 0 Å². The minimum absolute atomic E-state index is 0.178. The van der Waals surface area contributed by atoms with Crippen LogP contribution in [0.25, 0.3) is 0 Å². The first kappa shape index (κ1) is 13.8. The van der Waals surface area contributed by atoms with E-state index in [1.807, 2.05) is 6.07 Å². The topological polar surface area (TPSA) is 55.2 Å². The first-order valence-corrected chi connectivity index (χ1v) is 6.67. The van der Waals surface area contributed by atoms with Crippen molar-refractivity contribution in [2.45, 2.75) is 34.6 Å². The van der Waals surface area contributed by atoms with E-state index in [2.05, 4.69) is 33.0 Å². The van der Waals surface area contributed by atoms with Crippen molar-refractivity contribution in [2.24, 2.45) is 16.7 Å². The number of anilines is 1. The van der Waals surface area contributed by atoms with Gasteiger partial charge in [0.1, 0.15) is 0 Å². The molecule has 1 saturated carbocycles. The highest BCUT2D eigenvalue weighted by Crippen LogP contribution is 2.68. The predicted octanol–water partition coefficient (Wildman–Crippen LogP) is 4.00. The molecule has 0 heterocycles. The number of nitro benzene ring substituents is 1. The third kappa shape index (κ3) is 2.20. The third-order valence-corrected chi connectivity index (χ3v) is 5.22. The Kier molecular flexibility index (Phi) is 3.07. The first-order chi connectivity index (χ1) is 8.68. The van der Waals surface area contributed by atoms with Crippen LogP contribution in [0.5, 0.6) is 0 Å². The van der Waals surface area contributed by atoms with Gasteiger partial charge >= 0.3 is 0 Å². The fraction of sp³-hybridized carbons (Fsp3) is 0.600. The van der Waals surface area contributed by atoms with Crippen LogP contribution in [-0.4, -0.2) is 11.5 Å². The largest absolute Gasteiger partial charge is 0.385 e. The molecule has 0 unspecified atom stereocenters. The summed E-state index contributed by atoms with van der Waals surface area (Å²) in [7, 11) is 0. The Hall–Kier alpha value is -1.58. The summed E-state index contributed by atoms with van der Waals surface area (Å²) in [6.45, 7) is 11.9. The molecule has 104 valence electrons. The van der Waals surface area contributed by atoms with Crippen molar-refractivity contribution < 1.29 is 4.92 Å². The molecule has 0 atom stereocenters. The van der Waals surface area contributed by atoms with E-state index in [1.54, 1.807) is 19.1 Å². The summed E-state index contributed by atoms with van der Waals surface area (Å²) < 4.78 is 0. The highest BCUT2D eigenvalue weighted by atomic mass is 16.6. The molecule has 1 aromatic rings. The minimum Gasteiger partial charge on any atom is -0.385 e. The fourth-order valence-electron chi connectivity index (χ4n) is 3.03. The van der Waals surface area contributed by atoms with Crippen LogP contribution >= 0.6 is 0 Å².